The van der Waals surface area contributed by atoms with Crippen molar-refractivity contribution < 1.29 is 19.2 Å². The molecule has 4 aromatic carbocycles. The van der Waals surface area contributed by atoms with E-state index in [4.69, 9.17) is 16.3 Å². The Balaban J connectivity index is 1.66. The zero-order valence-corrected chi connectivity index (χ0v) is 21.1. The molecule has 182 valence electrons. The molecule has 0 saturated heterocycles. The number of carbonyl (C=O) groups excluding carboxylic acids is 2. The summed E-state index contributed by atoms with van der Waals surface area (Å²) in [6.07, 6.45) is 1.23. The molecule has 0 aliphatic rings. The molecule has 0 atom stereocenters. The van der Waals surface area contributed by atoms with Crippen molar-refractivity contribution in [1.82, 2.24) is 0 Å². The van der Waals surface area contributed by atoms with Gasteiger partial charge in [-0.25, -0.2) is 4.79 Å². The average molecular weight is 577 g/mol. The van der Waals surface area contributed by atoms with Gasteiger partial charge in [0.25, 0.3) is 11.6 Å². The summed E-state index contributed by atoms with van der Waals surface area (Å²) in [6, 6.07) is 22.9. The summed E-state index contributed by atoms with van der Waals surface area (Å²) in [5.74, 6) is -1.40. The van der Waals surface area contributed by atoms with Crippen LogP contribution in [0.3, 0.4) is 0 Å². The van der Waals surface area contributed by atoms with E-state index in [1.807, 2.05) is 30.3 Å². The van der Waals surface area contributed by atoms with Gasteiger partial charge in [0.15, 0.2) is 0 Å². The number of ether oxygens (including phenoxy) is 1. The summed E-state index contributed by atoms with van der Waals surface area (Å²) in [6.45, 7) is 0. The second kappa shape index (κ2) is 11.0. The third kappa shape index (κ3) is 5.83. The highest BCUT2D eigenvalue weighted by Crippen LogP contribution is 2.30. The minimum Gasteiger partial charge on any atom is -0.422 e. The lowest BCUT2D eigenvalue weighted by Gasteiger charge is -2.11. The molecule has 0 spiro atoms. The van der Waals surface area contributed by atoms with Crippen molar-refractivity contribution in [2.75, 3.05) is 5.32 Å². The standard InChI is InChI=1S/C27H15BrClN3O5/c28-19-8-11-25(37-27(34)22-7-3-5-16-4-1-2-6-21(16)22)17(13-19)12-18(15-30)26(33)31-23-10-9-20(29)14-24(23)32(35)36/h1-14H,(H,31,33)/b18-12+. The smallest absolute Gasteiger partial charge is 0.344 e. The molecule has 10 heteroatoms. The molecule has 4 aromatic rings. The summed E-state index contributed by atoms with van der Waals surface area (Å²) in [7, 11) is 0. The van der Waals surface area contributed by atoms with Gasteiger partial charge in [-0.15, -0.1) is 0 Å². The first-order chi connectivity index (χ1) is 17.8. The number of nitrogens with zero attached hydrogens (tertiary/aromatic N) is 2. The normalized spacial score (nSPS) is 11.0. The number of hydrogen-bond donors (Lipinski definition) is 1. The first kappa shape index (κ1) is 25.6. The molecule has 0 unspecified atom stereocenters. The number of carbonyl (C=O) groups is 2. The lowest BCUT2D eigenvalue weighted by Crippen LogP contribution is -2.15. The Bertz CT molecular complexity index is 1640. The fourth-order valence-electron chi connectivity index (χ4n) is 3.54. The molecule has 0 saturated carbocycles. The van der Waals surface area contributed by atoms with E-state index in [2.05, 4.69) is 21.2 Å². The Morgan fingerprint density at radius 1 is 1.05 bits per heavy atom. The number of amides is 1. The maximum Gasteiger partial charge on any atom is 0.344 e. The van der Waals surface area contributed by atoms with E-state index in [9.17, 15) is 25.0 Å². The highest BCUT2D eigenvalue weighted by atomic mass is 79.9. The van der Waals surface area contributed by atoms with Crippen LogP contribution in [-0.2, 0) is 4.79 Å². The van der Waals surface area contributed by atoms with Crippen LogP contribution >= 0.6 is 27.5 Å². The number of nitrogens with one attached hydrogen (secondary N) is 1. The number of nitro benzene ring substituents is 1. The van der Waals surface area contributed by atoms with Gasteiger partial charge in [-0.1, -0.05) is 63.9 Å². The molecule has 0 bridgehead atoms. The molecule has 4 rings (SSSR count). The van der Waals surface area contributed by atoms with Crippen molar-refractivity contribution in [3.05, 3.63) is 115 Å². The summed E-state index contributed by atoms with van der Waals surface area (Å²) in [5.41, 5.74) is -0.308. The van der Waals surface area contributed by atoms with Gasteiger partial charge in [0.1, 0.15) is 23.1 Å². The zero-order valence-electron chi connectivity index (χ0n) is 18.8. The van der Waals surface area contributed by atoms with Crippen LogP contribution in [0.15, 0.2) is 88.9 Å². The van der Waals surface area contributed by atoms with Crippen LogP contribution in [-0.4, -0.2) is 16.8 Å². The molecule has 0 heterocycles. The van der Waals surface area contributed by atoms with E-state index in [-0.39, 0.29) is 27.6 Å². The highest BCUT2D eigenvalue weighted by molar-refractivity contribution is 9.10. The molecule has 37 heavy (non-hydrogen) atoms. The SMILES string of the molecule is N#C/C(=C\c1cc(Br)ccc1OC(=O)c1cccc2ccccc12)C(=O)Nc1ccc(Cl)cc1[N+](=O)[O-]. The predicted octanol–water partition coefficient (Wildman–Crippen LogP) is 6.93. The fourth-order valence-corrected chi connectivity index (χ4v) is 4.08. The zero-order chi connectivity index (χ0) is 26.5. The Kier molecular flexibility index (Phi) is 7.63. The number of rotatable bonds is 6. The molecule has 0 aromatic heterocycles. The van der Waals surface area contributed by atoms with Gasteiger partial charge in [0, 0.05) is 21.1 Å². The number of nitriles is 1. The van der Waals surface area contributed by atoms with Crippen LogP contribution in [0.5, 0.6) is 5.75 Å². The number of hydrogen-bond acceptors (Lipinski definition) is 6. The van der Waals surface area contributed by atoms with E-state index >= 15 is 0 Å². The van der Waals surface area contributed by atoms with Gasteiger partial charge in [-0.05, 0) is 53.2 Å². The van der Waals surface area contributed by atoms with Crippen molar-refractivity contribution in [3.63, 3.8) is 0 Å². The second-order valence-corrected chi connectivity index (χ2v) is 8.99. The second-order valence-electron chi connectivity index (χ2n) is 7.64. The van der Waals surface area contributed by atoms with Crippen LogP contribution in [0.4, 0.5) is 11.4 Å². The number of halogens is 2. The minimum atomic E-state index is -0.890. The van der Waals surface area contributed by atoms with E-state index in [0.717, 1.165) is 11.5 Å². The summed E-state index contributed by atoms with van der Waals surface area (Å²) >= 11 is 9.15. The lowest BCUT2D eigenvalue weighted by atomic mass is 10.0. The Labute approximate surface area is 224 Å². The molecule has 0 aliphatic heterocycles. The van der Waals surface area contributed by atoms with Crippen molar-refractivity contribution in [2.24, 2.45) is 0 Å². The number of fused-ring (bicyclic) bond motifs is 1. The van der Waals surface area contributed by atoms with Gasteiger partial charge >= 0.3 is 5.97 Å². The average Bonchev–Trinajstić information content (AvgIpc) is 2.89. The van der Waals surface area contributed by atoms with Gasteiger partial charge in [0.05, 0.1) is 10.5 Å². The van der Waals surface area contributed by atoms with Gasteiger partial charge < -0.3 is 10.1 Å². The van der Waals surface area contributed by atoms with E-state index in [1.165, 1.54) is 24.3 Å². The summed E-state index contributed by atoms with van der Waals surface area (Å²) < 4.78 is 6.26. The topological polar surface area (TPSA) is 122 Å². The largest absolute Gasteiger partial charge is 0.422 e. The molecular weight excluding hydrogens is 562 g/mol. The molecule has 1 amide bonds. The first-order valence-corrected chi connectivity index (χ1v) is 11.8. The molecule has 1 N–H and O–H groups in total. The first-order valence-electron chi connectivity index (χ1n) is 10.6. The number of nitro groups is 1. The van der Waals surface area contributed by atoms with Crippen molar-refractivity contribution in [1.29, 1.82) is 5.26 Å². The molecule has 8 nitrogen and oxygen atoms in total. The number of esters is 1. The maximum atomic E-state index is 13.1. The fraction of sp³-hybridized carbons (Fsp3) is 0. The summed E-state index contributed by atoms with van der Waals surface area (Å²) in [5, 5.41) is 25.0. The van der Waals surface area contributed by atoms with Crippen LogP contribution in [0.1, 0.15) is 15.9 Å². The molecule has 0 aliphatic carbocycles. The predicted molar refractivity (Wildman–Crippen MR) is 143 cm³/mol. The van der Waals surface area contributed by atoms with Crippen molar-refractivity contribution >= 4 is 67.6 Å². The van der Waals surface area contributed by atoms with Gasteiger partial charge in [-0.2, -0.15) is 5.26 Å². The van der Waals surface area contributed by atoms with E-state index < -0.39 is 22.5 Å². The number of anilines is 1. The Hall–Kier alpha value is -4.52. The van der Waals surface area contributed by atoms with Crippen LogP contribution in [0, 0.1) is 21.4 Å². The third-order valence-corrected chi connectivity index (χ3v) is 5.98. The highest BCUT2D eigenvalue weighted by Gasteiger charge is 2.20. The Morgan fingerprint density at radius 3 is 2.57 bits per heavy atom. The van der Waals surface area contributed by atoms with Gasteiger partial charge in [-0.3, -0.25) is 14.9 Å². The van der Waals surface area contributed by atoms with E-state index in [0.29, 0.717) is 15.4 Å². The van der Waals surface area contributed by atoms with E-state index in [1.54, 1.807) is 30.3 Å². The third-order valence-electron chi connectivity index (χ3n) is 5.25. The summed E-state index contributed by atoms with van der Waals surface area (Å²) in [4.78, 5) is 36.5. The molecule has 0 fully saturated rings. The molecular formula is C27H15BrClN3O5. The van der Waals surface area contributed by atoms with Crippen LogP contribution in [0.2, 0.25) is 5.02 Å². The quantitative estimate of drug-likeness (QED) is 0.0663. The van der Waals surface area contributed by atoms with Crippen molar-refractivity contribution in [2.45, 2.75) is 0 Å². The lowest BCUT2D eigenvalue weighted by molar-refractivity contribution is -0.383. The van der Waals surface area contributed by atoms with Gasteiger partial charge in [0.2, 0.25) is 0 Å². The monoisotopic (exact) mass is 575 g/mol. The minimum absolute atomic E-state index is 0.110. The van der Waals surface area contributed by atoms with Crippen LogP contribution in [0.25, 0.3) is 16.8 Å². The molecule has 0 radical (unpaired) electrons. The Morgan fingerprint density at radius 2 is 1.81 bits per heavy atom. The number of benzene rings is 4. The van der Waals surface area contributed by atoms with Crippen molar-refractivity contribution in [3.8, 4) is 11.8 Å². The maximum absolute atomic E-state index is 13.1. The van der Waals surface area contributed by atoms with Crippen LogP contribution < -0.4 is 10.1 Å².